The fourth-order valence-electron chi connectivity index (χ4n) is 1.35. The molecule has 1 N–H and O–H groups in total. The molecule has 0 aliphatic rings. The van der Waals surface area contributed by atoms with Crippen molar-refractivity contribution in [2.24, 2.45) is 0 Å². The standard InChI is InChI=1S/C13H17BrFNO2/c1-8(16-12(17)18-13(2,3)4)9-5-6-10(14)11(15)7-9/h5-8H,1-4H3,(H,16,17)/t8-/m0/s1. The highest BCUT2D eigenvalue weighted by Crippen LogP contribution is 2.20. The Morgan fingerprint density at radius 1 is 1.44 bits per heavy atom. The summed E-state index contributed by atoms with van der Waals surface area (Å²) >= 11 is 3.08. The molecule has 0 heterocycles. The van der Waals surface area contributed by atoms with Gasteiger partial charge in [0.25, 0.3) is 0 Å². The topological polar surface area (TPSA) is 38.3 Å². The van der Waals surface area contributed by atoms with E-state index < -0.39 is 11.7 Å². The second-order valence-corrected chi connectivity index (χ2v) is 5.90. The molecule has 1 atom stereocenters. The third-order valence-corrected chi connectivity index (χ3v) is 2.82. The van der Waals surface area contributed by atoms with Crippen LogP contribution >= 0.6 is 15.9 Å². The van der Waals surface area contributed by atoms with Crippen molar-refractivity contribution in [2.45, 2.75) is 39.3 Å². The van der Waals surface area contributed by atoms with Crippen LogP contribution < -0.4 is 5.32 Å². The zero-order valence-electron chi connectivity index (χ0n) is 10.9. The van der Waals surface area contributed by atoms with Crippen LogP contribution in [0.1, 0.15) is 39.3 Å². The maximum absolute atomic E-state index is 13.4. The van der Waals surface area contributed by atoms with Crippen LogP contribution in [0.15, 0.2) is 22.7 Å². The molecule has 3 nitrogen and oxygen atoms in total. The smallest absolute Gasteiger partial charge is 0.408 e. The average Bonchev–Trinajstić information content (AvgIpc) is 2.18. The number of hydrogen-bond donors (Lipinski definition) is 1. The first kappa shape index (κ1) is 15.0. The summed E-state index contributed by atoms with van der Waals surface area (Å²) in [5, 5.41) is 2.66. The maximum Gasteiger partial charge on any atom is 0.408 e. The van der Waals surface area contributed by atoms with E-state index in [-0.39, 0.29) is 11.9 Å². The molecule has 0 aliphatic carbocycles. The van der Waals surface area contributed by atoms with Crippen molar-refractivity contribution in [3.8, 4) is 0 Å². The van der Waals surface area contributed by atoms with E-state index in [4.69, 9.17) is 4.74 Å². The Morgan fingerprint density at radius 2 is 2.06 bits per heavy atom. The van der Waals surface area contributed by atoms with Crippen LogP contribution in [-0.4, -0.2) is 11.7 Å². The van der Waals surface area contributed by atoms with Crippen molar-refractivity contribution in [1.29, 1.82) is 0 Å². The van der Waals surface area contributed by atoms with E-state index in [9.17, 15) is 9.18 Å². The van der Waals surface area contributed by atoms with Crippen LogP contribution in [0.2, 0.25) is 0 Å². The molecule has 1 aromatic carbocycles. The maximum atomic E-state index is 13.4. The quantitative estimate of drug-likeness (QED) is 0.888. The van der Waals surface area contributed by atoms with E-state index in [0.29, 0.717) is 10.0 Å². The largest absolute Gasteiger partial charge is 0.444 e. The highest BCUT2D eigenvalue weighted by Gasteiger charge is 2.18. The van der Waals surface area contributed by atoms with Gasteiger partial charge in [0.1, 0.15) is 11.4 Å². The molecule has 0 bridgehead atoms. The first-order valence-corrected chi connectivity index (χ1v) is 6.43. The monoisotopic (exact) mass is 317 g/mol. The summed E-state index contributed by atoms with van der Waals surface area (Å²) in [5.74, 6) is -0.356. The predicted octanol–water partition coefficient (Wildman–Crippen LogP) is 4.17. The number of rotatable bonds is 2. The average molecular weight is 318 g/mol. The lowest BCUT2D eigenvalue weighted by atomic mass is 10.1. The van der Waals surface area contributed by atoms with E-state index in [1.54, 1.807) is 39.8 Å². The summed E-state index contributed by atoms with van der Waals surface area (Å²) in [4.78, 5) is 11.6. The second kappa shape index (κ2) is 5.69. The van der Waals surface area contributed by atoms with Gasteiger partial charge in [0.15, 0.2) is 0 Å². The van der Waals surface area contributed by atoms with Crippen molar-refractivity contribution in [3.63, 3.8) is 0 Å². The van der Waals surface area contributed by atoms with Gasteiger partial charge < -0.3 is 10.1 Å². The van der Waals surface area contributed by atoms with Gasteiger partial charge in [0, 0.05) is 0 Å². The van der Waals surface area contributed by atoms with Gasteiger partial charge in [-0.1, -0.05) is 6.07 Å². The van der Waals surface area contributed by atoms with Gasteiger partial charge in [0.2, 0.25) is 0 Å². The molecule has 1 rings (SSSR count). The Hall–Kier alpha value is -1.10. The minimum Gasteiger partial charge on any atom is -0.444 e. The molecule has 0 aromatic heterocycles. The molecule has 0 fully saturated rings. The summed E-state index contributed by atoms with van der Waals surface area (Å²) in [7, 11) is 0. The highest BCUT2D eigenvalue weighted by molar-refractivity contribution is 9.10. The second-order valence-electron chi connectivity index (χ2n) is 5.04. The third kappa shape index (κ3) is 4.64. The van der Waals surface area contributed by atoms with Gasteiger partial charge >= 0.3 is 6.09 Å². The number of alkyl carbamates (subject to hydrolysis) is 1. The van der Waals surface area contributed by atoms with Crippen molar-refractivity contribution in [3.05, 3.63) is 34.1 Å². The summed E-state index contributed by atoms with van der Waals surface area (Å²) in [6.45, 7) is 7.14. The SMILES string of the molecule is C[C@H](NC(=O)OC(C)(C)C)c1ccc(Br)c(F)c1. The fourth-order valence-corrected chi connectivity index (χ4v) is 1.60. The van der Waals surface area contributed by atoms with Crippen molar-refractivity contribution in [1.82, 2.24) is 5.32 Å². The van der Waals surface area contributed by atoms with Crippen molar-refractivity contribution in [2.75, 3.05) is 0 Å². The molecule has 0 unspecified atom stereocenters. The number of amides is 1. The lowest BCUT2D eigenvalue weighted by Gasteiger charge is -2.22. The number of carbonyl (C=O) groups is 1. The number of halogens is 2. The summed E-state index contributed by atoms with van der Waals surface area (Å²) in [6.07, 6.45) is -0.515. The lowest BCUT2D eigenvalue weighted by Crippen LogP contribution is -2.34. The number of benzene rings is 1. The number of ether oxygens (including phenoxy) is 1. The molecular weight excluding hydrogens is 301 g/mol. The lowest BCUT2D eigenvalue weighted by molar-refractivity contribution is 0.0508. The molecule has 0 radical (unpaired) electrons. The zero-order chi connectivity index (χ0) is 13.9. The van der Waals surface area contributed by atoms with E-state index in [0.717, 1.165) is 0 Å². The van der Waals surface area contributed by atoms with Crippen molar-refractivity contribution < 1.29 is 13.9 Å². The Kier molecular flexibility index (Phi) is 4.73. The van der Waals surface area contributed by atoms with Gasteiger partial charge in [-0.25, -0.2) is 9.18 Å². The molecule has 5 heteroatoms. The highest BCUT2D eigenvalue weighted by atomic mass is 79.9. The molecule has 100 valence electrons. The number of carbonyl (C=O) groups excluding carboxylic acids is 1. The van der Waals surface area contributed by atoms with E-state index in [1.165, 1.54) is 6.07 Å². The molecular formula is C13H17BrFNO2. The van der Waals surface area contributed by atoms with Gasteiger partial charge in [-0.15, -0.1) is 0 Å². The van der Waals surface area contributed by atoms with Gasteiger partial charge in [-0.05, 0) is 61.3 Å². The van der Waals surface area contributed by atoms with E-state index in [2.05, 4.69) is 21.2 Å². The van der Waals surface area contributed by atoms with Crippen LogP contribution in [-0.2, 0) is 4.74 Å². The zero-order valence-corrected chi connectivity index (χ0v) is 12.5. The Morgan fingerprint density at radius 3 is 2.56 bits per heavy atom. The van der Waals surface area contributed by atoms with Crippen LogP contribution in [0.4, 0.5) is 9.18 Å². The van der Waals surface area contributed by atoms with Gasteiger partial charge in [-0.3, -0.25) is 0 Å². The van der Waals surface area contributed by atoms with Crippen molar-refractivity contribution >= 4 is 22.0 Å². The minimum absolute atomic E-state index is 0.317. The fraction of sp³-hybridized carbons (Fsp3) is 0.462. The van der Waals surface area contributed by atoms with Crippen LogP contribution in [0.25, 0.3) is 0 Å². The van der Waals surface area contributed by atoms with E-state index >= 15 is 0 Å². The molecule has 0 saturated heterocycles. The van der Waals surface area contributed by atoms with Gasteiger partial charge in [0.05, 0.1) is 10.5 Å². The predicted molar refractivity (Wildman–Crippen MR) is 71.9 cm³/mol. The van der Waals surface area contributed by atoms with E-state index in [1.807, 2.05) is 0 Å². The Labute approximate surface area is 115 Å². The van der Waals surface area contributed by atoms with Crippen LogP contribution in [0.5, 0.6) is 0 Å². The first-order valence-electron chi connectivity index (χ1n) is 5.63. The Bertz CT molecular complexity index is 443. The molecule has 0 saturated carbocycles. The molecule has 18 heavy (non-hydrogen) atoms. The summed E-state index contributed by atoms with van der Waals surface area (Å²) in [5.41, 5.74) is 0.135. The van der Waals surface area contributed by atoms with Crippen LogP contribution in [0.3, 0.4) is 0 Å². The molecule has 0 aliphatic heterocycles. The first-order chi connectivity index (χ1) is 8.19. The summed E-state index contributed by atoms with van der Waals surface area (Å²) in [6, 6.07) is 4.42. The van der Waals surface area contributed by atoms with Gasteiger partial charge in [-0.2, -0.15) is 0 Å². The third-order valence-electron chi connectivity index (χ3n) is 2.18. The summed E-state index contributed by atoms with van der Waals surface area (Å²) < 4.78 is 18.9. The number of nitrogens with one attached hydrogen (secondary N) is 1. The molecule has 1 amide bonds. The normalized spacial score (nSPS) is 13.0. The minimum atomic E-state index is -0.547. The molecule has 0 spiro atoms. The molecule has 1 aromatic rings. The van der Waals surface area contributed by atoms with Crippen LogP contribution in [0, 0.1) is 5.82 Å². The Balaban J connectivity index is 2.68. The number of hydrogen-bond acceptors (Lipinski definition) is 2.